The molecule has 0 aliphatic carbocycles. The number of benzene rings is 1. The number of esters is 1. The Morgan fingerprint density at radius 2 is 2.17 bits per heavy atom. The summed E-state index contributed by atoms with van der Waals surface area (Å²) in [6.07, 6.45) is 2.34. The van der Waals surface area contributed by atoms with Crippen LogP contribution in [0.2, 0.25) is 0 Å². The molecule has 0 aliphatic heterocycles. The van der Waals surface area contributed by atoms with Crippen LogP contribution in [0.1, 0.15) is 34.1 Å². The van der Waals surface area contributed by atoms with Gasteiger partial charge < -0.3 is 4.74 Å². The lowest BCUT2D eigenvalue weighted by Gasteiger charge is -2.08. The number of aryl methyl sites for hydroxylation is 1. The molecule has 0 atom stereocenters. The first-order chi connectivity index (χ1) is 11.6. The fourth-order valence-corrected chi connectivity index (χ4v) is 3.30. The molecule has 124 valence electrons. The van der Waals surface area contributed by atoms with Crippen LogP contribution in [0.3, 0.4) is 0 Å². The molecule has 0 fully saturated rings. The Morgan fingerprint density at radius 1 is 1.33 bits per heavy atom. The van der Waals surface area contributed by atoms with Crippen molar-refractivity contribution in [3.05, 3.63) is 63.0 Å². The summed E-state index contributed by atoms with van der Waals surface area (Å²) in [5.74, 6) is -0.340. The molecule has 5 nitrogen and oxygen atoms in total. The number of thiophene rings is 1. The maximum absolute atomic E-state index is 12.5. The third kappa shape index (κ3) is 3.38. The van der Waals surface area contributed by atoms with E-state index in [9.17, 15) is 9.59 Å². The van der Waals surface area contributed by atoms with Crippen molar-refractivity contribution >= 4 is 27.5 Å². The Bertz CT molecular complexity index is 943. The molecule has 0 N–H and O–H groups in total. The van der Waals surface area contributed by atoms with Gasteiger partial charge in [-0.3, -0.25) is 9.36 Å². The van der Waals surface area contributed by atoms with Gasteiger partial charge >= 0.3 is 5.97 Å². The summed E-state index contributed by atoms with van der Waals surface area (Å²) in [5, 5.41) is 0.638. The van der Waals surface area contributed by atoms with Gasteiger partial charge in [0, 0.05) is 4.88 Å². The van der Waals surface area contributed by atoms with E-state index >= 15 is 0 Å². The second-order valence-electron chi connectivity index (χ2n) is 5.59. The van der Waals surface area contributed by atoms with E-state index < -0.39 is 0 Å². The molecule has 0 aliphatic rings. The zero-order valence-corrected chi connectivity index (χ0v) is 14.4. The van der Waals surface area contributed by atoms with Gasteiger partial charge in [0.1, 0.15) is 4.83 Å². The number of carbonyl (C=O) groups is 1. The first-order valence-electron chi connectivity index (χ1n) is 7.80. The number of fused-ring (bicyclic) bond motifs is 1. The Kier molecular flexibility index (Phi) is 4.76. The van der Waals surface area contributed by atoms with Gasteiger partial charge in [-0.15, -0.1) is 11.3 Å². The monoisotopic (exact) mass is 342 g/mol. The predicted octanol–water partition coefficient (Wildman–Crippen LogP) is 3.38. The lowest BCUT2D eigenvalue weighted by molar-refractivity contribution is 0.0505. The first kappa shape index (κ1) is 16.4. The molecule has 0 unspecified atom stereocenters. The van der Waals surface area contributed by atoms with Crippen LogP contribution in [0.5, 0.6) is 0 Å². The number of carbonyl (C=O) groups excluding carboxylic acids is 1. The zero-order valence-electron chi connectivity index (χ0n) is 13.6. The highest BCUT2D eigenvalue weighted by Gasteiger charge is 2.10. The lowest BCUT2D eigenvalue weighted by Crippen LogP contribution is -2.20. The molecule has 1 aromatic carbocycles. The van der Waals surface area contributed by atoms with Crippen molar-refractivity contribution in [2.75, 3.05) is 6.61 Å². The Balaban J connectivity index is 1.87. The molecule has 0 saturated heterocycles. The fourth-order valence-electron chi connectivity index (χ4n) is 2.46. The minimum absolute atomic E-state index is 0.0664. The van der Waals surface area contributed by atoms with E-state index in [2.05, 4.69) is 4.98 Å². The predicted molar refractivity (Wildman–Crippen MR) is 94.7 cm³/mol. The van der Waals surface area contributed by atoms with Crippen molar-refractivity contribution in [2.24, 2.45) is 0 Å². The van der Waals surface area contributed by atoms with Crippen molar-refractivity contribution in [1.82, 2.24) is 9.55 Å². The number of rotatable bonds is 5. The normalized spacial score (nSPS) is 10.9. The smallest absolute Gasteiger partial charge is 0.338 e. The van der Waals surface area contributed by atoms with E-state index in [1.165, 1.54) is 11.3 Å². The molecule has 0 amide bonds. The van der Waals surface area contributed by atoms with Gasteiger partial charge in [0.25, 0.3) is 5.56 Å². The van der Waals surface area contributed by atoms with Crippen LogP contribution in [0, 0.1) is 6.92 Å². The van der Waals surface area contributed by atoms with E-state index in [0.717, 1.165) is 21.7 Å². The van der Waals surface area contributed by atoms with E-state index in [-0.39, 0.29) is 11.5 Å². The second kappa shape index (κ2) is 6.97. The third-order valence-electron chi connectivity index (χ3n) is 3.59. The van der Waals surface area contributed by atoms with Crippen LogP contribution < -0.4 is 5.56 Å². The maximum atomic E-state index is 12.5. The van der Waals surface area contributed by atoms with Crippen LogP contribution in [0.15, 0.2) is 41.5 Å². The average molecular weight is 342 g/mol. The van der Waals surface area contributed by atoms with Gasteiger partial charge in [-0.2, -0.15) is 0 Å². The Labute approximate surface area is 143 Å². The molecule has 3 aromatic rings. The summed E-state index contributed by atoms with van der Waals surface area (Å²) < 4.78 is 6.71. The zero-order chi connectivity index (χ0) is 17.1. The molecular weight excluding hydrogens is 324 g/mol. The SMILES string of the molecule is CCCOC(=O)c1cccc(Cn2cnc3sc(C)cc3c2=O)c1. The van der Waals surface area contributed by atoms with Crippen LogP contribution in [-0.4, -0.2) is 22.1 Å². The molecule has 0 saturated carbocycles. The van der Waals surface area contributed by atoms with E-state index in [0.29, 0.717) is 24.1 Å². The fraction of sp³-hybridized carbons (Fsp3) is 0.278. The second-order valence-corrected chi connectivity index (χ2v) is 6.82. The van der Waals surface area contributed by atoms with Crippen LogP contribution in [0.4, 0.5) is 0 Å². The van der Waals surface area contributed by atoms with Crippen LogP contribution in [-0.2, 0) is 11.3 Å². The summed E-state index contributed by atoms with van der Waals surface area (Å²) in [6.45, 7) is 4.68. The third-order valence-corrected chi connectivity index (χ3v) is 4.55. The van der Waals surface area contributed by atoms with Crippen LogP contribution >= 0.6 is 11.3 Å². The minimum atomic E-state index is -0.340. The van der Waals surface area contributed by atoms with Crippen molar-refractivity contribution in [2.45, 2.75) is 26.8 Å². The van der Waals surface area contributed by atoms with E-state index in [4.69, 9.17) is 4.74 Å². The molecule has 0 bridgehead atoms. The number of aromatic nitrogens is 2. The highest BCUT2D eigenvalue weighted by molar-refractivity contribution is 7.18. The average Bonchev–Trinajstić information content (AvgIpc) is 2.97. The van der Waals surface area contributed by atoms with Gasteiger partial charge in [-0.05, 0) is 37.1 Å². The van der Waals surface area contributed by atoms with Gasteiger partial charge in [-0.1, -0.05) is 19.1 Å². The number of ether oxygens (including phenoxy) is 1. The highest BCUT2D eigenvalue weighted by Crippen LogP contribution is 2.19. The first-order valence-corrected chi connectivity index (χ1v) is 8.62. The van der Waals surface area contributed by atoms with E-state index in [1.54, 1.807) is 29.1 Å². The van der Waals surface area contributed by atoms with E-state index in [1.807, 2.05) is 26.0 Å². The molecule has 3 rings (SSSR count). The highest BCUT2D eigenvalue weighted by atomic mass is 32.1. The largest absolute Gasteiger partial charge is 0.462 e. The maximum Gasteiger partial charge on any atom is 0.338 e. The standard InChI is InChI=1S/C18H18N2O3S/c1-3-7-23-18(22)14-6-4-5-13(9-14)10-20-11-19-16-15(17(20)21)8-12(2)24-16/h4-6,8-9,11H,3,7,10H2,1-2H3. The molecule has 2 heterocycles. The quantitative estimate of drug-likeness (QED) is 0.667. The van der Waals surface area contributed by atoms with Crippen LogP contribution in [0.25, 0.3) is 10.2 Å². The van der Waals surface area contributed by atoms with Gasteiger partial charge in [0.05, 0.1) is 30.4 Å². The summed E-state index contributed by atoms with van der Waals surface area (Å²) in [5.41, 5.74) is 1.29. The topological polar surface area (TPSA) is 61.2 Å². The molecular formula is C18H18N2O3S. The van der Waals surface area contributed by atoms with Gasteiger partial charge in [0.2, 0.25) is 0 Å². The summed E-state index contributed by atoms with van der Waals surface area (Å²) >= 11 is 1.51. The summed E-state index contributed by atoms with van der Waals surface area (Å²) in [4.78, 5) is 30.7. The number of nitrogens with zero attached hydrogens (tertiary/aromatic N) is 2. The molecule has 24 heavy (non-hydrogen) atoms. The number of hydrogen-bond acceptors (Lipinski definition) is 5. The molecule has 2 aromatic heterocycles. The van der Waals surface area contributed by atoms with Crippen molar-refractivity contribution in [3.8, 4) is 0 Å². The van der Waals surface area contributed by atoms with Crippen molar-refractivity contribution < 1.29 is 9.53 Å². The molecule has 6 heteroatoms. The Hall–Kier alpha value is -2.47. The lowest BCUT2D eigenvalue weighted by atomic mass is 10.1. The minimum Gasteiger partial charge on any atom is -0.462 e. The Morgan fingerprint density at radius 3 is 2.96 bits per heavy atom. The summed E-state index contributed by atoms with van der Waals surface area (Å²) in [7, 11) is 0. The molecule has 0 spiro atoms. The number of hydrogen-bond donors (Lipinski definition) is 0. The van der Waals surface area contributed by atoms with Gasteiger partial charge in [-0.25, -0.2) is 9.78 Å². The summed E-state index contributed by atoms with van der Waals surface area (Å²) in [6, 6.07) is 9.02. The molecule has 0 radical (unpaired) electrons. The van der Waals surface area contributed by atoms with Gasteiger partial charge in [0.15, 0.2) is 0 Å². The van der Waals surface area contributed by atoms with Crippen molar-refractivity contribution in [3.63, 3.8) is 0 Å². The van der Waals surface area contributed by atoms with Crippen molar-refractivity contribution in [1.29, 1.82) is 0 Å².